The first kappa shape index (κ1) is 21.3. The van der Waals surface area contributed by atoms with Crippen LogP contribution in [0.15, 0.2) is 56.7 Å². The van der Waals surface area contributed by atoms with Gasteiger partial charge in [0.05, 0.1) is 28.8 Å². The molecule has 2 aromatic heterocycles. The monoisotopic (exact) mass is 438 g/mol. The summed E-state index contributed by atoms with van der Waals surface area (Å²) in [6.07, 6.45) is 1.72. The molecule has 1 unspecified atom stereocenters. The van der Waals surface area contributed by atoms with Crippen LogP contribution in [-0.2, 0) is 11.3 Å². The summed E-state index contributed by atoms with van der Waals surface area (Å²) in [7, 11) is 0. The van der Waals surface area contributed by atoms with Crippen LogP contribution >= 0.6 is 23.2 Å². The van der Waals surface area contributed by atoms with Gasteiger partial charge in [-0.15, -0.1) is 0 Å². The van der Waals surface area contributed by atoms with Crippen molar-refractivity contribution in [2.24, 2.45) is 5.92 Å². The second kappa shape index (κ2) is 10.4. The number of aromatic amines is 1. The SMILES string of the molecule is Clc1ccccc1Cl.O=c1[nH]c(-c2cccn(CC3CNCCOC3)c2=O)no1. The van der Waals surface area contributed by atoms with Gasteiger partial charge in [-0.1, -0.05) is 40.5 Å². The van der Waals surface area contributed by atoms with Crippen molar-refractivity contribution in [3.8, 4) is 11.4 Å². The highest BCUT2D eigenvalue weighted by Gasteiger charge is 2.16. The first-order valence-corrected chi connectivity index (χ1v) is 9.74. The van der Waals surface area contributed by atoms with Gasteiger partial charge in [0.2, 0.25) is 0 Å². The van der Waals surface area contributed by atoms with Gasteiger partial charge in [-0.2, -0.15) is 0 Å². The van der Waals surface area contributed by atoms with Crippen LogP contribution in [0.1, 0.15) is 0 Å². The minimum Gasteiger partial charge on any atom is -0.380 e. The molecule has 1 aliphatic rings. The molecule has 0 saturated carbocycles. The molecule has 1 aliphatic heterocycles. The van der Waals surface area contributed by atoms with Gasteiger partial charge in [0.1, 0.15) is 0 Å². The fourth-order valence-electron chi connectivity index (χ4n) is 2.80. The van der Waals surface area contributed by atoms with Crippen LogP contribution in [0, 0.1) is 5.92 Å². The van der Waals surface area contributed by atoms with Crippen molar-refractivity contribution in [3.05, 3.63) is 73.5 Å². The molecule has 0 bridgehead atoms. The Kier molecular flexibility index (Phi) is 7.65. The fourth-order valence-corrected chi connectivity index (χ4v) is 3.07. The molecule has 1 aromatic carbocycles. The van der Waals surface area contributed by atoms with E-state index in [2.05, 4.69) is 20.0 Å². The number of hydrogen-bond donors (Lipinski definition) is 2. The van der Waals surface area contributed by atoms with Crippen molar-refractivity contribution in [1.29, 1.82) is 0 Å². The topological polar surface area (TPSA) is 102 Å². The summed E-state index contributed by atoms with van der Waals surface area (Å²) in [5.74, 6) is -0.312. The van der Waals surface area contributed by atoms with Crippen molar-refractivity contribution in [2.45, 2.75) is 6.54 Å². The van der Waals surface area contributed by atoms with E-state index in [1.54, 1.807) is 35.0 Å². The predicted octanol–water partition coefficient (Wildman–Crippen LogP) is 2.42. The van der Waals surface area contributed by atoms with Crippen molar-refractivity contribution < 1.29 is 9.26 Å². The van der Waals surface area contributed by atoms with E-state index in [-0.39, 0.29) is 17.3 Å². The van der Waals surface area contributed by atoms with Crippen molar-refractivity contribution in [2.75, 3.05) is 26.3 Å². The van der Waals surface area contributed by atoms with Crippen LogP contribution in [0.5, 0.6) is 0 Å². The van der Waals surface area contributed by atoms with Gasteiger partial charge in [0.25, 0.3) is 5.56 Å². The summed E-state index contributed by atoms with van der Waals surface area (Å²) in [4.78, 5) is 25.8. The summed E-state index contributed by atoms with van der Waals surface area (Å²) in [5, 5.41) is 8.04. The second-order valence-corrected chi connectivity index (χ2v) is 7.20. The molecule has 0 radical (unpaired) electrons. The molecule has 1 atom stereocenters. The zero-order valence-electron chi connectivity index (χ0n) is 15.4. The van der Waals surface area contributed by atoms with Crippen molar-refractivity contribution in [3.63, 3.8) is 0 Å². The maximum Gasteiger partial charge on any atom is 0.439 e. The molecular formula is C19H20Cl2N4O4. The molecule has 154 valence electrons. The summed E-state index contributed by atoms with van der Waals surface area (Å²) < 4.78 is 11.5. The van der Waals surface area contributed by atoms with E-state index in [1.165, 1.54) is 0 Å². The van der Waals surface area contributed by atoms with E-state index < -0.39 is 5.76 Å². The van der Waals surface area contributed by atoms with Gasteiger partial charge in [0, 0.05) is 31.7 Å². The van der Waals surface area contributed by atoms with Gasteiger partial charge < -0.3 is 14.6 Å². The van der Waals surface area contributed by atoms with Crippen molar-refractivity contribution in [1.82, 2.24) is 20.0 Å². The van der Waals surface area contributed by atoms with Crippen LogP contribution in [-0.4, -0.2) is 41.0 Å². The zero-order chi connectivity index (χ0) is 20.6. The lowest BCUT2D eigenvalue weighted by Gasteiger charge is -2.15. The van der Waals surface area contributed by atoms with E-state index in [1.807, 2.05) is 12.1 Å². The molecule has 0 spiro atoms. The summed E-state index contributed by atoms with van der Waals surface area (Å²) in [5.41, 5.74) is 0.0946. The van der Waals surface area contributed by atoms with E-state index >= 15 is 0 Å². The number of halogens is 2. The summed E-state index contributed by atoms with van der Waals surface area (Å²) in [6, 6.07) is 10.5. The van der Waals surface area contributed by atoms with E-state index in [9.17, 15) is 9.59 Å². The van der Waals surface area contributed by atoms with Crippen LogP contribution in [0.2, 0.25) is 10.0 Å². The molecule has 1 saturated heterocycles. The Morgan fingerprint density at radius 1 is 1.14 bits per heavy atom. The average molecular weight is 439 g/mol. The molecule has 0 aliphatic carbocycles. The third-order valence-electron chi connectivity index (χ3n) is 4.20. The lowest BCUT2D eigenvalue weighted by molar-refractivity contribution is 0.117. The molecule has 10 heteroatoms. The van der Waals surface area contributed by atoms with Crippen molar-refractivity contribution >= 4 is 23.2 Å². The molecule has 4 rings (SSSR count). The van der Waals surface area contributed by atoms with Gasteiger partial charge >= 0.3 is 5.76 Å². The lowest BCUT2D eigenvalue weighted by atomic mass is 10.1. The fraction of sp³-hybridized carbons (Fsp3) is 0.316. The molecule has 8 nitrogen and oxygen atoms in total. The van der Waals surface area contributed by atoms with Gasteiger partial charge in [0.15, 0.2) is 5.82 Å². The third-order valence-corrected chi connectivity index (χ3v) is 4.96. The molecule has 1 fully saturated rings. The molecular weight excluding hydrogens is 419 g/mol. The highest BCUT2D eigenvalue weighted by Crippen LogP contribution is 2.19. The Hall–Kier alpha value is -2.39. The Balaban J connectivity index is 0.000000252. The average Bonchev–Trinajstić information content (AvgIpc) is 2.98. The maximum atomic E-state index is 12.4. The lowest BCUT2D eigenvalue weighted by Crippen LogP contribution is -2.31. The number of nitrogens with zero attached hydrogens (tertiary/aromatic N) is 2. The van der Waals surface area contributed by atoms with E-state index in [0.29, 0.717) is 35.4 Å². The smallest absolute Gasteiger partial charge is 0.380 e. The largest absolute Gasteiger partial charge is 0.439 e. The minimum absolute atomic E-state index is 0.148. The molecule has 29 heavy (non-hydrogen) atoms. The second-order valence-electron chi connectivity index (χ2n) is 6.38. The molecule has 3 heterocycles. The third kappa shape index (κ3) is 6.04. The number of hydrogen-bond acceptors (Lipinski definition) is 6. The van der Waals surface area contributed by atoms with Gasteiger partial charge in [-0.25, -0.2) is 4.79 Å². The summed E-state index contributed by atoms with van der Waals surface area (Å²) in [6.45, 7) is 3.47. The zero-order valence-corrected chi connectivity index (χ0v) is 16.9. The standard InChI is InChI=1S/C13H16N4O4.C6H4Cl2/c18-12-10(11-15-13(19)21-16-11)2-1-4-17(12)7-9-6-14-3-5-20-8-9;7-5-3-1-2-4-6(5)8/h1-2,4,9,14H,3,5-8H2,(H,15,16,19);1-4H. The first-order valence-electron chi connectivity index (χ1n) is 8.99. The normalized spacial score (nSPS) is 16.6. The Bertz CT molecular complexity index is 1020. The van der Waals surface area contributed by atoms with Gasteiger partial charge in [-0.3, -0.25) is 14.3 Å². The number of benzene rings is 1. The van der Waals surface area contributed by atoms with Crippen LogP contribution in [0.25, 0.3) is 11.4 Å². The van der Waals surface area contributed by atoms with Crippen LogP contribution < -0.4 is 16.6 Å². The number of ether oxygens (including phenoxy) is 1. The predicted molar refractivity (Wildman–Crippen MR) is 110 cm³/mol. The Morgan fingerprint density at radius 2 is 1.90 bits per heavy atom. The Labute approximate surface area is 176 Å². The quantitative estimate of drug-likeness (QED) is 0.650. The van der Waals surface area contributed by atoms with E-state index in [4.69, 9.17) is 27.9 Å². The highest BCUT2D eigenvalue weighted by atomic mass is 35.5. The Morgan fingerprint density at radius 3 is 2.55 bits per heavy atom. The molecule has 3 aromatic rings. The number of aromatic nitrogens is 3. The highest BCUT2D eigenvalue weighted by molar-refractivity contribution is 6.41. The number of H-pyrrole nitrogens is 1. The van der Waals surface area contributed by atoms with Crippen LogP contribution in [0.4, 0.5) is 0 Å². The van der Waals surface area contributed by atoms with E-state index in [0.717, 1.165) is 13.1 Å². The number of nitrogens with one attached hydrogen (secondary N) is 2. The number of pyridine rings is 1. The minimum atomic E-state index is -0.679. The van der Waals surface area contributed by atoms with Crippen LogP contribution in [0.3, 0.4) is 0 Å². The van der Waals surface area contributed by atoms with Gasteiger partial charge in [-0.05, 0) is 24.3 Å². The first-order chi connectivity index (χ1) is 14.0. The number of rotatable bonds is 3. The molecule has 2 N–H and O–H groups in total. The maximum absolute atomic E-state index is 12.4. The molecule has 0 amide bonds. The summed E-state index contributed by atoms with van der Waals surface area (Å²) >= 11 is 11.2.